The zero-order valence-corrected chi connectivity index (χ0v) is 18.2. The van der Waals surface area contributed by atoms with Crippen molar-refractivity contribution in [2.75, 3.05) is 6.54 Å². The number of hydrogen-bond acceptors (Lipinski definition) is 4. The molecule has 4 atom stereocenters. The minimum Gasteiger partial charge on any atom is -0.282 e. The topological polar surface area (TPSA) is 74.8 Å². The number of imide groups is 2. The molecule has 6 heteroatoms. The molecular formula is C24H32N2O4. The molecule has 2 aliphatic rings. The van der Waals surface area contributed by atoms with Gasteiger partial charge in [0.1, 0.15) is 0 Å². The quantitative estimate of drug-likeness (QED) is 0.460. The van der Waals surface area contributed by atoms with Crippen molar-refractivity contribution in [2.24, 2.45) is 23.7 Å². The van der Waals surface area contributed by atoms with Crippen LogP contribution in [0.2, 0.25) is 0 Å². The molecular weight excluding hydrogens is 380 g/mol. The van der Waals surface area contributed by atoms with E-state index in [0.29, 0.717) is 6.54 Å². The van der Waals surface area contributed by atoms with Crippen LogP contribution < -0.4 is 0 Å². The lowest BCUT2D eigenvalue weighted by atomic mass is 9.82. The zero-order valence-electron chi connectivity index (χ0n) is 18.2. The second kappa shape index (κ2) is 9.54. The Morgan fingerprint density at radius 1 is 0.733 bits per heavy atom. The summed E-state index contributed by atoms with van der Waals surface area (Å²) < 4.78 is 0. The van der Waals surface area contributed by atoms with Crippen LogP contribution in [0.4, 0.5) is 0 Å². The number of hydrogen-bond donors (Lipinski definition) is 0. The van der Waals surface area contributed by atoms with Crippen molar-refractivity contribution in [1.29, 1.82) is 0 Å². The van der Waals surface area contributed by atoms with E-state index in [0.717, 1.165) is 31.2 Å². The highest BCUT2D eigenvalue weighted by Gasteiger charge is 2.51. The van der Waals surface area contributed by atoms with Crippen LogP contribution >= 0.6 is 0 Å². The van der Waals surface area contributed by atoms with E-state index in [4.69, 9.17) is 0 Å². The van der Waals surface area contributed by atoms with Crippen molar-refractivity contribution in [3.8, 4) is 0 Å². The first kappa shape index (κ1) is 22.2. The number of carbonyl (C=O) groups is 4. The summed E-state index contributed by atoms with van der Waals surface area (Å²) in [5.41, 5.74) is 0.894. The molecule has 0 N–H and O–H groups in total. The fraction of sp³-hybridized carbons (Fsp3) is 0.583. The SMILES string of the molecule is CCCCCCN1C(=O)C(C)C(CC2C(=O)N(Cc3ccccc3)C(=O)C2C)C1=O. The van der Waals surface area contributed by atoms with Crippen molar-refractivity contribution in [1.82, 2.24) is 9.80 Å². The van der Waals surface area contributed by atoms with Crippen LogP contribution in [0, 0.1) is 23.7 Å². The summed E-state index contributed by atoms with van der Waals surface area (Å²) in [6, 6.07) is 9.41. The second-order valence-corrected chi connectivity index (χ2v) is 8.66. The summed E-state index contributed by atoms with van der Waals surface area (Å²) >= 11 is 0. The van der Waals surface area contributed by atoms with Gasteiger partial charge in [0.05, 0.1) is 18.4 Å². The van der Waals surface area contributed by atoms with Gasteiger partial charge in [0.15, 0.2) is 0 Å². The molecule has 0 bridgehead atoms. The second-order valence-electron chi connectivity index (χ2n) is 8.66. The average Bonchev–Trinajstić information content (AvgIpc) is 3.07. The van der Waals surface area contributed by atoms with E-state index in [1.165, 1.54) is 9.80 Å². The van der Waals surface area contributed by atoms with Crippen LogP contribution in [0.15, 0.2) is 30.3 Å². The van der Waals surface area contributed by atoms with Gasteiger partial charge in [-0.25, -0.2) is 0 Å². The first-order valence-electron chi connectivity index (χ1n) is 11.1. The van der Waals surface area contributed by atoms with Crippen LogP contribution in [-0.2, 0) is 25.7 Å². The van der Waals surface area contributed by atoms with Gasteiger partial charge in [0.2, 0.25) is 23.6 Å². The molecule has 162 valence electrons. The Labute approximate surface area is 178 Å². The zero-order chi connectivity index (χ0) is 21.8. The first-order valence-corrected chi connectivity index (χ1v) is 11.1. The monoisotopic (exact) mass is 412 g/mol. The van der Waals surface area contributed by atoms with Gasteiger partial charge in [-0.1, -0.05) is 70.4 Å². The number of likely N-dealkylation sites (tertiary alicyclic amines) is 2. The molecule has 4 amide bonds. The Morgan fingerprint density at radius 3 is 1.90 bits per heavy atom. The maximum absolute atomic E-state index is 13.0. The van der Waals surface area contributed by atoms with E-state index in [9.17, 15) is 19.2 Å². The number of amides is 4. The van der Waals surface area contributed by atoms with Crippen molar-refractivity contribution < 1.29 is 19.2 Å². The molecule has 1 aromatic carbocycles. The molecule has 3 rings (SSSR count). The molecule has 0 aromatic heterocycles. The molecule has 0 radical (unpaired) electrons. The van der Waals surface area contributed by atoms with Crippen LogP contribution in [0.1, 0.15) is 58.4 Å². The van der Waals surface area contributed by atoms with E-state index >= 15 is 0 Å². The predicted molar refractivity (Wildman–Crippen MR) is 113 cm³/mol. The maximum Gasteiger partial charge on any atom is 0.233 e. The lowest BCUT2D eigenvalue weighted by Gasteiger charge is -2.18. The summed E-state index contributed by atoms with van der Waals surface area (Å²) in [6.45, 7) is 6.34. The van der Waals surface area contributed by atoms with Gasteiger partial charge < -0.3 is 0 Å². The summed E-state index contributed by atoms with van der Waals surface area (Å²) in [6.07, 6.45) is 4.24. The smallest absolute Gasteiger partial charge is 0.233 e. The number of unbranched alkanes of at least 4 members (excludes halogenated alkanes) is 3. The third kappa shape index (κ3) is 4.32. The van der Waals surface area contributed by atoms with Gasteiger partial charge in [0, 0.05) is 18.4 Å². The highest BCUT2D eigenvalue weighted by Crippen LogP contribution is 2.38. The molecule has 2 aliphatic heterocycles. The number of benzene rings is 1. The van der Waals surface area contributed by atoms with Crippen LogP contribution in [-0.4, -0.2) is 40.0 Å². The van der Waals surface area contributed by atoms with E-state index in [2.05, 4.69) is 6.92 Å². The van der Waals surface area contributed by atoms with E-state index in [1.54, 1.807) is 13.8 Å². The van der Waals surface area contributed by atoms with E-state index < -0.39 is 23.7 Å². The minimum atomic E-state index is -0.551. The van der Waals surface area contributed by atoms with Crippen molar-refractivity contribution in [3.63, 3.8) is 0 Å². The molecule has 4 unspecified atom stereocenters. The van der Waals surface area contributed by atoms with Crippen LogP contribution in [0.5, 0.6) is 0 Å². The molecule has 0 spiro atoms. The summed E-state index contributed by atoms with van der Waals surface area (Å²) in [5.74, 6) is -2.75. The predicted octanol–water partition coefficient (Wildman–Crippen LogP) is 3.40. The molecule has 2 fully saturated rings. The molecule has 0 aliphatic carbocycles. The van der Waals surface area contributed by atoms with Crippen LogP contribution in [0.3, 0.4) is 0 Å². The van der Waals surface area contributed by atoms with E-state index in [-0.39, 0.29) is 36.6 Å². The van der Waals surface area contributed by atoms with Gasteiger partial charge in [-0.3, -0.25) is 29.0 Å². The summed E-state index contributed by atoms with van der Waals surface area (Å²) in [4.78, 5) is 54.0. The van der Waals surface area contributed by atoms with Gasteiger partial charge in [0.25, 0.3) is 0 Å². The fourth-order valence-corrected chi connectivity index (χ4v) is 4.60. The highest BCUT2D eigenvalue weighted by atomic mass is 16.2. The Kier molecular flexibility index (Phi) is 7.06. The normalized spacial score (nSPS) is 26.9. The summed E-state index contributed by atoms with van der Waals surface area (Å²) in [7, 11) is 0. The van der Waals surface area contributed by atoms with E-state index in [1.807, 2.05) is 30.3 Å². The molecule has 1 aromatic rings. The Balaban J connectivity index is 1.67. The molecule has 30 heavy (non-hydrogen) atoms. The lowest BCUT2D eigenvalue weighted by Crippen LogP contribution is -2.33. The van der Waals surface area contributed by atoms with Crippen molar-refractivity contribution >= 4 is 23.6 Å². The minimum absolute atomic E-state index is 0.146. The first-order chi connectivity index (χ1) is 14.4. The van der Waals surface area contributed by atoms with Crippen molar-refractivity contribution in [2.45, 2.75) is 59.4 Å². The number of carbonyl (C=O) groups excluding carboxylic acids is 4. The number of rotatable bonds is 9. The lowest BCUT2D eigenvalue weighted by molar-refractivity contribution is -0.141. The van der Waals surface area contributed by atoms with Gasteiger partial charge >= 0.3 is 0 Å². The number of nitrogens with zero attached hydrogens (tertiary/aromatic N) is 2. The third-order valence-electron chi connectivity index (χ3n) is 6.61. The fourth-order valence-electron chi connectivity index (χ4n) is 4.60. The Hall–Kier alpha value is -2.50. The summed E-state index contributed by atoms with van der Waals surface area (Å²) in [5, 5.41) is 0. The largest absolute Gasteiger partial charge is 0.282 e. The standard InChI is InChI=1S/C24H32N2O4/c1-4-5-6-10-13-25-21(27)16(2)19(23(25)29)14-20-17(3)22(28)26(24(20)30)15-18-11-8-7-9-12-18/h7-9,11-12,16-17,19-20H,4-6,10,13-15H2,1-3H3. The Bertz CT molecular complexity index is 807. The average molecular weight is 413 g/mol. The Morgan fingerprint density at radius 2 is 1.30 bits per heavy atom. The molecule has 2 saturated heterocycles. The highest BCUT2D eigenvalue weighted by molar-refractivity contribution is 6.07. The molecule has 2 heterocycles. The van der Waals surface area contributed by atoms with Gasteiger partial charge in [-0.15, -0.1) is 0 Å². The maximum atomic E-state index is 13.0. The molecule has 0 saturated carbocycles. The van der Waals surface area contributed by atoms with Gasteiger partial charge in [-0.05, 0) is 18.4 Å². The van der Waals surface area contributed by atoms with Crippen molar-refractivity contribution in [3.05, 3.63) is 35.9 Å². The van der Waals surface area contributed by atoms with Crippen LogP contribution in [0.25, 0.3) is 0 Å². The molecule has 6 nitrogen and oxygen atoms in total. The van der Waals surface area contributed by atoms with Gasteiger partial charge in [-0.2, -0.15) is 0 Å². The third-order valence-corrected chi connectivity index (χ3v) is 6.61.